The predicted molar refractivity (Wildman–Crippen MR) is 44.6 cm³/mol. The van der Waals surface area contributed by atoms with Gasteiger partial charge in [0, 0.05) is 11.8 Å². The van der Waals surface area contributed by atoms with Gasteiger partial charge in [0.25, 0.3) is 6.43 Å². The number of nitrogens with zero attached hydrogens (tertiary/aromatic N) is 1. The Morgan fingerprint density at radius 3 is 2.31 bits per heavy atom. The van der Waals surface area contributed by atoms with Crippen LogP contribution in [0.4, 0.5) is 22.0 Å². The Morgan fingerprint density at radius 2 is 1.94 bits per heavy atom. The monoisotopic (exact) mass is 259 g/mol. The normalized spacial score (nSPS) is 11.9. The molecule has 0 N–H and O–H groups in total. The number of halogens is 6. The molecule has 1 rings (SSSR count). The second-order valence-corrected chi connectivity index (χ2v) is 3.08. The van der Waals surface area contributed by atoms with E-state index in [9.17, 15) is 26.7 Å². The maximum Gasteiger partial charge on any atom is 0.434 e. The van der Waals surface area contributed by atoms with Crippen LogP contribution in [0.3, 0.4) is 0 Å². The van der Waals surface area contributed by atoms with E-state index in [-0.39, 0.29) is 6.29 Å². The van der Waals surface area contributed by atoms with E-state index in [4.69, 9.17) is 11.6 Å². The van der Waals surface area contributed by atoms with Crippen LogP contribution in [-0.4, -0.2) is 11.3 Å². The van der Waals surface area contributed by atoms with E-state index in [0.717, 1.165) is 0 Å². The van der Waals surface area contributed by atoms with Gasteiger partial charge in [-0.05, 0) is 0 Å². The first-order chi connectivity index (χ1) is 7.29. The van der Waals surface area contributed by atoms with Gasteiger partial charge in [0.2, 0.25) is 0 Å². The molecule has 2 nitrogen and oxygen atoms in total. The van der Waals surface area contributed by atoms with Gasteiger partial charge in [0.15, 0.2) is 12.0 Å². The van der Waals surface area contributed by atoms with Crippen LogP contribution in [0.2, 0.25) is 5.02 Å². The molecule has 1 aromatic heterocycles. The highest BCUT2D eigenvalue weighted by molar-refractivity contribution is 6.32. The summed E-state index contributed by atoms with van der Waals surface area (Å²) < 4.78 is 61.6. The summed E-state index contributed by atoms with van der Waals surface area (Å²) >= 11 is 5.15. The zero-order chi connectivity index (χ0) is 12.5. The fourth-order valence-corrected chi connectivity index (χ4v) is 1.38. The molecule has 0 aliphatic heterocycles. The van der Waals surface area contributed by atoms with Crippen LogP contribution in [0, 0.1) is 0 Å². The molecule has 8 heteroatoms. The van der Waals surface area contributed by atoms with E-state index in [1.807, 2.05) is 0 Å². The largest absolute Gasteiger partial charge is 0.434 e. The summed E-state index contributed by atoms with van der Waals surface area (Å²) in [5.74, 6) is 0. The lowest BCUT2D eigenvalue weighted by molar-refractivity contribution is -0.141. The molecular formula is C8H3ClF5NO. The molecule has 0 atom stereocenters. The van der Waals surface area contributed by atoms with Crippen LogP contribution in [0.1, 0.15) is 28.0 Å². The molecule has 0 saturated carbocycles. The molecule has 0 spiro atoms. The van der Waals surface area contributed by atoms with Crippen LogP contribution in [0.15, 0.2) is 6.20 Å². The molecule has 0 radical (unpaired) electrons. The van der Waals surface area contributed by atoms with Gasteiger partial charge in [-0.2, -0.15) is 13.2 Å². The second kappa shape index (κ2) is 4.32. The minimum atomic E-state index is -4.94. The van der Waals surface area contributed by atoms with Crippen LogP contribution in [0.5, 0.6) is 0 Å². The van der Waals surface area contributed by atoms with Gasteiger partial charge in [-0.15, -0.1) is 0 Å². The third-order valence-electron chi connectivity index (χ3n) is 1.70. The third-order valence-corrected chi connectivity index (χ3v) is 2.08. The van der Waals surface area contributed by atoms with Crippen LogP contribution in [0.25, 0.3) is 0 Å². The maximum atomic E-state index is 12.4. The van der Waals surface area contributed by atoms with Gasteiger partial charge >= 0.3 is 6.18 Å². The maximum absolute atomic E-state index is 12.4. The van der Waals surface area contributed by atoms with Gasteiger partial charge in [-0.3, -0.25) is 4.79 Å². The topological polar surface area (TPSA) is 30.0 Å². The van der Waals surface area contributed by atoms with Crippen molar-refractivity contribution in [3.8, 4) is 0 Å². The van der Waals surface area contributed by atoms with Crippen molar-refractivity contribution in [2.24, 2.45) is 0 Å². The number of aromatic nitrogens is 1. The quantitative estimate of drug-likeness (QED) is 0.601. The molecule has 16 heavy (non-hydrogen) atoms. The highest BCUT2D eigenvalue weighted by Crippen LogP contribution is 2.38. The summed E-state index contributed by atoms with van der Waals surface area (Å²) in [5.41, 5.74) is -3.44. The Bertz CT molecular complexity index is 418. The lowest BCUT2D eigenvalue weighted by Crippen LogP contribution is -2.12. The molecule has 1 aromatic rings. The molecule has 0 saturated heterocycles. The molecule has 88 valence electrons. The van der Waals surface area contributed by atoms with Crippen molar-refractivity contribution in [3.05, 3.63) is 28.0 Å². The van der Waals surface area contributed by atoms with E-state index >= 15 is 0 Å². The summed E-state index contributed by atoms with van der Waals surface area (Å²) in [5, 5.41) is -1.24. The van der Waals surface area contributed by atoms with Crippen LogP contribution in [-0.2, 0) is 6.18 Å². The van der Waals surface area contributed by atoms with Crippen LogP contribution >= 0.6 is 11.6 Å². The van der Waals surface area contributed by atoms with E-state index in [1.165, 1.54) is 0 Å². The van der Waals surface area contributed by atoms with Gasteiger partial charge in [0.05, 0.1) is 10.6 Å². The standard InChI is InChI=1S/C8H3ClF5NO/c9-5-4(7(10)11)3(2-16)1-15-6(5)8(12,13)14/h1-2,7H. The number of rotatable bonds is 2. The summed E-state index contributed by atoms with van der Waals surface area (Å²) in [6.07, 6.45) is -7.83. The molecule has 0 fully saturated rings. The molecule has 0 bridgehead atoms. The minimum absolute atomic E-state index is 0.0273. The van der Waals surface area contributed by atoms with Gasteiger partial charge in [-0.1, -0.05) is 11.6 Å². The number of hydrogen-bond acceptors (Lipinski definition) is 2. The molecule has 0 amide bonds. The molecular weight excluding hydrogens is 257 g/mol. The zero-order valence-electron chi connectivity index (χ0n) is 7.36. The SMILES string of the molecule is O=Cc1cnc(C(F)(F)F)c(Cl)c1C(F)F. The predicted octanol–water partition coefficient (Wildman–Crippen LogP) is 3.50. The van der Waals surface area contributed by atoms with Gasteiger partial charge < -0.3 is 0 Å². The number of hydrogen-bond donors (Lipinski definition) is 0. The number of alkyl halides is 5. The van der Waals surface area contributed by atoms with E-state index in [0.29, 0.717) is 6.20 Å². The van der Waals surface area contributed by atoms with E-state index in [2.05, 4.69) is 4.98 Å². The average molecular weight is 260 g/mol. The molecule has 1 heterocycles. The van der Waals surface area contributed by atoms with Crippen molar-refractivity contribution in [3.63, 3.8) is 0 Å². The highest BCUT2D eigenvalue weighted by atomic mass is 35.5. The van der Waals surface area contributed by atoms with Crippen molar-refractivity contribution in [1.82, 2.24) is 4.98 Å². The number of pyridine rings is 1. The summed E-state index contributed by atoms with van der Waals surface area (Å²) in [6, 6.07) is 0. The summed E-state index contributed by atoms with van der Waals surface area (Å²) in [4.78, 5) is 13.2. The first-order valence-electron chi connectivity index (χ1n) is 3.78. The third kappa shape index (κ3) is 2.29. The molecule has 0 aliphatic rings. The van der Waals surface area contributed by atoms with Crippen molar-refractivity contribution in [2.75, 3.05) is 0 Å². The minimum Gasteiger partial charge on any atom is -0.298 e. The fourth-order valence-electron chi connectivity index (χ4n) is 1.03. The van der Waals surface area contributed by atoms with E-state index in [1.54, 1.807) is 0 Å². The first kappa shape index (κ1) is 12.8. The molecule has 0 aromatic carbocycles. The number of carbonyl (C=O) groups is 1. The van der Waals surface area contributed by atoms with Crippen molar-refractivity contribution in [1.29, 1.82) is 0 Å². The summed E-state index contributed by atoms with van der Waals surface area (Å²) in [7, 11) is 0. The average Bonchev–Trinajstić information content (AvgIpc) is 2.14. The van der Waals surface area contributed by atoms with Crippen molar-refractivity contribution < 1.29 is 26.7 Å². The molecule has 0 unspecified atom stereocenters. The lowest BCUT2D eigenvalue weighted by Gasteiger charge is -2.12. The Hall–Kier alpha value is -1.24. The van der Waals surface area contributed by atoms with Crippen LogP contribution < -0.4 is 0 Å². The zero-order valence-corrected chi connectivity index (χ0v) is 8.11. The van der Waals surface area contributed by atoms with E-state index < -0.39 is 34.4 Å². The van der Waals surface area contributed by atoms with Gasteiger partial charge in [-0.25, -0.2) is 13.8 Å². The highest BCUT2D eigenvalue weighted by Gasteiger charge is 2.37. The number of carbonyl (C=O) groups excluding carboxylic acids is 1. The first-order valence-corrected chi connectivity index (χ1v) is 4.15. The van der Waals surface area contributed by atoms with Crippen molar-refractivity contribution >= 4 is 17.9 Å². The van der Waals surface area contributed by atoms with Gasteiger partial charge in [0.1, 0.15) is 0 Å². The fraction of sp³-hybridized carbons (Fsp3) is 0.250. The number of aldehydes is 1. The Labute approximate surface area is 91.0 Å². The Morgan fingerprint density at radius 1 is 1.38 bits per heavy atom. The second-order valence-electron chi connectivity index (χ2n) is 2.71. The van der Waals surface area contributed by atoms with Crippen molar-refractivity contribution in [2.45, 2.75) is 12.6 Å². The Balaban J connectivity index is 3.50. The lowest BCUT2D eigenvalue weighted by atomic mass is 10.1. The smallest absolute Gasteiger partial charge is 0.298 e. The summed E-state index contributed by atoms with van der Waals surface area (Å²) in [6.45, 7) is 0. The molecule has 0 aliphatic carbocycles. The Kier molecular flexibility index (Phi) is 3.47.